The summed E-state index contributed by atoms with van der Waals surface area (Å²) in [5, 5.41) is 3.51. The highest BCUT2D eigenvalue weighted by Gasteiger charge is 2.40. The van der Waals surface area contributed by atoms with Crippen LogP contribution in [0.1, 0.15) is 10.4 Å². The molecule has 1 fully saturated rings. The first-order chi connectivity index (χ1) is 14.0. The third-order valence-corrected chi connectivity index (χ3v) is 6.04. The van der Waals surface area contributed by atoms with Crippen LogP contribution >= 0.6 is 23.4 Å². The highest BCUT2D eigenvalue weighted by Crippen LogP contribution is 2.30. The predicted octanol–water partition coefficient (Wildman–Crippen LogP) is 2.98. The Morgan fingerprint density at radius 2 is 1.86 bits per heavy atom. The van der Waals surface area contributed by atoms with Crippen LogP contribution in [0, 0.1) is 0 Å². The number of amides is 3. The van der Waals surface area contributed by atoms with Crippen LogP contribution in [-0.2, 0) is 9.59 Å². The average Bonchev–Trinajstić information content (AvgIpc) is 2.83. The zero-order valence-corrected chi connectivity index (χ0v) is 17.4. The quantitative estimate of drug-likeness (QED) is 0.814. The van der Waals surface area contributed by atoms with E-state index in [1.54, 1.807) is 34.1 Å². The van der Waals surface area contributed by atoms with Gasteiger partial charge in [0.15, 0.2) is 0 Å². The van der Waals surface area contributed by atoms with Crippen LogP contribution in [0.2, 0.25) is 5.02 Å². The molecule has 0 aliphatic carbocycles. The molecule has 0 radical (unpaired) electrons. The summed E-state index contributed by atoms with van der Waals surface area (Å²) in [6.07, 6.45) is 1.87. The third kappa shape index (κ3) is 3.84. The molecule has 6 nitrogen and oxygen atoms in total. The van der Waals surface area contributed by atoms with Gasteiger partial charge in [-0.25, -0.2) is 0 Å². The number of benzene rings is 2. The fraction of sp³-hybridized carbons (Fsp3) is 0.286. The zero-order valence-electron chi connectivity index (χ0n) is 15.9. The summed E-state index contributed by atoms with van der Waals surface area (Å²) >= 11 is 7.42. The average molecular weight is 430 g/mol. The van der Waals surface area contributed by atoms with Crippen LogP contribution in [0.4, 0.5) is 5.69 Å². The van der Waals surface area contributed by atoms with Crippen molar-refractivity contribution in [3.05, 3.63) is 53.1 Å². The highest BCUT2D eigenvalue weighted by molar-refractivity contribution is 7.99. The first-order valence-corrected chi connectivity index (χ1v) is 11.0. The van der Waals surface area contributed by atoms with Gasteiger partial charge in [-0.1, -0.05) is 29.8 Å². The lowest BCUT2D eigenvalue weighted by molar-refractivity contribution is -0.133. The number of carbonyl (C=O) groups is 3. The van der Waals surface area contributed by atoms with Crippen LogP contribution in [0.3, 0.4) is 0 Å². The molecule has 2 heterocycles. The normalized spacial score (nSPS) is 18.6. The molecule has 0 bridgehead atoms. The molecule has 0 unspecified atom stereocenters. The third-order valence-electron chi connectivity index (χ3n) is 5.25. The summed E-state index contributed by atoms with van der Waals surface area (Å²) in [6, 6.07) is 12.1. The lowest BCUT2D eigenvalue weighted by Crippen LogP contribution is -2.59. The van der Waals surface area contributed by atoms with Gasteiger partial charge >= 0.3 is 0 Å². The summed E-state index contributed by atoms with van der Waals surface area (Å²) in [7, 11) is 0. The van der Waals surface area contributed by atoms with Crippen molar-refractivity contribution in [3.8, 4) is 11.1 Å². The van der Waals surface area contributed by atoms with Crippen molar-refractivity contribution in [3.63, 3.8) is 0 Å². The SMILES string of the molecule is CSCC(=O)N1CCN2C(=O)c3cc(-c4ccc(Cl)cc4)ccc3NC(=O)[C@H]2C1. The Morgan fingerprint density at radius 1 is 1.14 bits per heavy atom. The van der Waals surface area contributed by atoms with Crippen molar-refractivity contribution in [2.45, 2.75) is 6.04 Å². The number of halogens is 1. The predicted molar refractivity (Wildman–Crippen MR) is 115 cm³/mol. The van der Waals surface area contributed by atoms with Crippen molar-refractivity contribution >= 4 is 46.8 Å². The molecule has 150 valence electrons. The van der Waals surface area contributed by atoms with Gasteiger partial charge < -0.3 is 15.1 Å². The number of nitrogens with zero attached hydrogens (tertiary/aromatic N) is 2. The van der Waals surface area contributed by atoms with Crippen molar-refractivity contribution < 1.29 is 14.4 Å². The summed E-state index contributed by atoms with van der Waals surface area (Å²) in [5.41, 5.74) is 2.76. The number of piperazine rings is 1. The van der Waals surface area contributed by atoms with E-state index in [9.17, 15) is 14.4 Å². The minimum atomic E-state index is -0.687. The molecule has 1 atom stereocenters. The maximum Gasteiger partial charge on any atom is 0.256 e. The first-order valence-electron chi connectivity index (χ1n) is 9.26. The van der Waals surface area contributed by atoms with E-state index in [0.717, 1.165) is 11.1 Å². The van der Waals surface area contributed by atoms with Gasteiger partial charge in [0, 0.05) is 18.1 Å². The molecule has 1 N–H and O–H groups in total. The van der Waals surface area contributed by atoms with Gasteiger partial charge in [0.05, 0.1) is 23.5 Å². The van der Waals surface area contributed by atoms with E-state index in [2.05, 4.69) is 5.32 Å². The molecule has 2 aliphatic rings. The van der Waals surface area contributed by atoms with Crippen LogP contribution in [0.5, 0.6) is 0 Å². The molecular formula is C21H20ClN3O3S. The van der Waals surface area contributed by atoms with E-state index in [1.807, 2.05) is 24.5 Å². The van der Waals surface area contributed by atoms with Crippen molar-refractivity contribution in [1.29, 1.82) is 0 Å². The molecule has 2 aromatic rings. The Kier molecular flexibility index (Phi) is 5.52. The standard InChI is InChI=1S/C21H20ClN3O3S/c1-29-12-19(26)24-8-9-25-18(11-24)20(27)23-17-7-4-14(10-16(17)21(25)28)13-2-5-15(22)6-3-13/h2-7,10,18H,8-9,11-12H2,1H3,(H,23,27)/t18-/m1/s1. The molecular weight excluding hydrogens is 410 g/mol. The fourth-order valence-corrected chi connectivity index (χ4v) is 4.27. The van der Waals surface area contributed by atoms with Crippen LogP contribution in [0.25, 0.3) is 11.1 Å². The van der Waals surface area contributed by atoms with Gasteiger partial charge in [-0.2, -0.15) is 11.8 Å². The van der Waals surface area contributed by atoms with E-state index in [0.29, 0.717) is 35.1 Å². The number of rotatable bonds is 3. The second-order valence-corrected chi connectivity index (χ2v) is 8.35. The summed E-state index contributed by atoms with van der Waals surface area (Å²) < 4.78 is 0. The fourth-order valence-electron chi connectivity index (χ4n) is 3.71. The Labute approximate surface area is 178 Å². The van der Waals surface area contributed by atoms with E-state index in [4.69, 9.17) is 11.6 Å². The van der Waals surface area contributed by atoms with Gasteiger partial charge in [0.2, 0.25) is 11.8 Å². The van der Waals surface area contributed by atoms with E-state index >= 15 is 0 Å². The maximum atomic E-state index is 13.3. The Bertz CT molecular complexity index is 980. The number of fused-ring (bicyclic) bond motifs is 2. The van der Waals surface area contributed by atoms with E-state index < -0.39 is 6.04 Å². The van der Waals surface area contributed by atoms with Gasteiger partial charge in [0.25, 0.3) is 5.91 Å². The smallest absolute Gasteiger partial charge is 0.256 e. The second kappa shape index (κ2) is 8.08. The molecule has 4 rings (SSSR count). The van der Waals surface area contributed by atoms with E-state index in [-0.39, 0.29) is 24.3 Å². The molecule has 1 saturated heterocycles. The molecule has 0 aromatic heterocycles. The summed E-state index contributed by atoms with van der Waals surface area (Å²) in [5.74, 6) is -0.106. The second-order valence-electron chi connectivity index (χ2n) is 7.04. The molecule has 3 amide bonds. The molecule has 2 aliphatic heterocycles. The van der Waals surface area contributed by atoms with Crippen molar-refractivity contribution in [2.75, 3.05) is 37.0 Å². The highest BCUT2D eigenvalue weighted by atomic mass is 35.5. The number of anilines is 1. The van der Waals surface area contributed by atoms with Crippen LogP contribution < -0.4 is 5.32 Å². The molecule has 0 saturated carbocycles. The Morgan fingerprint density at radius 3 is 2.59 bits per heavy atom. The Hall–Kier alpha value is -2.51. The largest absolute Gasteiger partial charge is 0.338 e. The molecule has 8 heteroatoms. The van der Waals surface area contributed by atoms with Gasteiger partial charge in [-0.3, -0.25) is 14.4 Å². The lowest BCUT2D eigenvalue weighted by Gasteiger charge is -2.39. The van der Waals surface area contributed by atoms with Crippen molar-refractivity contribution in [2.24, 2.45) is 0 Å². The zero-order chi connectivity index (χ0) is 20.5. The molecule has 2 aromatic carbocycles. The Balaban J connectivity index is 1.64. The number of hydrogen-bond acceptors (Lipinski definition) is 4. The number of thioether (sulfide) groups is 1. The van der Waals surface area contributed by atoms with Crippen LogP contribution in [0.15, 0.2) is 42.5 Å². The summed E-state index contributed by atoms with van der Waals surface area (Å²) in [6.45, 7) is 0.984. The number of hydrogen-bond donors (Lipinski definition) is 1. The minimum Gasteiger partial charge on any atom is -0.338 e. The summed E-state index contributed by atoms with van der Waals surface area (Å²) in [4.78, 5) is 41.6. The number of carbonyl (C=O) groups excluding carboxylic acids is 3. The minimum absolute atomic E-state index is 0.0100. The van der Waals surface area contributed by atoms with Gasteiger partial charge in [0.1, 0.15) is 6.04 Å². The lowest BCUT2D eigenvalue weighted by atomic mass is 10.0. The molecule has 0 spiro atoms. The van der Waals surface area contributed by atoms with Crippen molar-refractivity contribution in [1.82, 2.24) is 9.80 Å². The van der Waals surface area contributed by atoms with E-state index in [1.165, 1.54) is 11.8 Å². The monoisotopic (exact) mass is 429 g/mol. The molecule has 29 heavy (non-hydrogen) atoms. The maximum absolute atomic E-state index is 13.3. The van der Waals surface area contributed by atoms with Gasteiger partial charge in [-0.15, -0.1) is 0 Å². The van der Waals surface area contributed by atoms with Gasteiger partial charge in [-0.05, 0) is 41.6 Å². The van der Waals surface area contributed by atoms with Crippen LogP contribution in [-0.4, -0.2) is 65.2 Å². The first kappa shape index (κ1) is 19.8. The topological polar surface area (TPSA) is 69.7 Å². The number of nitrogens with one attached hydrogen (secondary N) is 1.